The Balaban J connectivity index is 0.000000744. The number of carbonyl (C=O) groups is 1. The van der Waals surface area contributed by atoms with E-state index in [2.05, 4.69) is 39.9 Å². The first-order valence-corrected chi connectivity index (χ1v) is 15.8. The maximum absolute atomic E-state index is 13.8. The molecule has 1 aliphatic carbocycles. The monoisotopic (exact) mass is 642 g/mol. The molecule has 2 aliphatic rings. The van der Waals surface area contributed by atoms with Crippen molar-refractivity contribution >= 4 is 36.5 Å². The van der Waals surface area contributed by atoms with Gasteiger partial charge in [0, 0.05) is 21.8 Å². The smallest absolute Gasteiger partial charge is 0.340 e. The lowest BCUT2D eigenvalue weighted by molar-refractivity contribution is -0.116. The third-order valence-corrected chi connectivity index (χ3v) is 7.36. The van der Waals surface area contributed by atoms with E-state index in [1.54, 1.807) is 24.4 Å². The number of aliphatic imine (C=N–C) groups is 1. The van der Waals surface area contributed by atoms with Crippen LogP contribution in [-0.4, -0.2) is 54.5 Å². The standard InChI is InChI=1S/C25H24N8O2.C8H16N2.C2H6.2H2/c1-2-3-14-19-15-31-23(27-19)30-24-29-20(17-10-6-4-7-11-17)32(16-34)22(26)28-21(33(24)25(31)35)18-12-8-5-9-13-18;1-4-6-8(5-2)10(3)7-9;1-2;;/h2-8,10-12,14-16,20-21H,1,9,13H2,(H2,26,28)(H,27,29,30);5,7,9H,4,6H2,1-3H3;1-2H3;2*1H/b14-3-;8-5+,9-7?;;;/t20-,21-;;;;/m1..../s1. The van der Waals surface area contributed by atoms with Gasteiger partial charge in [0.05, 0.1) is 12.0 Å². The van der Waals surface area contributed by atoms with Crippen molar-refractivity contribution in [1.29, 1.82) is 5.41 Å². The van der Waals surface area contributed by atoms with Crippen LogP contribution in [0.5, 0.6) is 0 Å². The molecule has 0 saturated heterocycles. The Morgan fingerprint density at radius 2 is 2.00 bits per heavy atom. The van der Waals surface area contributed by atoms with Crippen molar-refractivity contribution < 1.29 is 7.65 Å². The molecule has 0 spiro atoms. The molecule has 0 saturated carbocycles. The average Bonchev–Trinajstić information content (AvgIpc) is 3.53. The van der Waals surface area contributed by atoms with Crippen LogP contribution >= 0.6 is 0 Å². The van der Waals surface area contributed by atoms with E-state index in [0.29, 0.717) is 18.5 Å². The maximum Gasteiger partial charge on any atom is 0.340 e. The van der Waals surface area contributed by atoms with Crippen LogP contribution in [0, 0.1) is 5.41 Å². The predicted octanol–water partition coefficient (Wildman–Crippen LogP) is 6.51. The third kappa shape index (κ3) is 8.60. The lowest BCUT2D eigenvalue weighted by atomic mass is 10.0. The van der Waals surface area contributed by atoms with Crippen LogP contribution in [0.4, 0.5) is 5.95 Å². The van der Waals surface area contributed by atoms with Crippen molar-refractivity contribution in [3.63, 3.8) is 0 Å². The highest BCUT2D eigenvalue weighted by molar-refractivity contribution is 5.89. The molecule has 12 nitrogen and oxygen atoms in total. The van der Waals surface area contributed by atoms with E-state index < -0.39 is 12.3 Å². The van der Waals surface area contributed by atoms with Gasteiger partial charge in [0.2, 0.25) is 24.1 Å². The fourth-order valence-electron chi connectivity index (χ4n) is 5.05. The van der Waals surface area contributed by atoms with Crippen LogP contribution in [0.25, 0.3) is 11.9 Å². The van der Waals surface area contributed by atoms with Crippen molar-refractivity contribution in [2.75, 3.05) is 12.4 Å². The lowest BCUT2D eigenvalue weighted by Gasteiger charge is -2.34. The number of rotatable bonds is 9. The zero-order chi connectivity index (χ0) is 34.3. The Bertz CT molecular complexity index is 1740. The topological polar surface area (TPSA) is 150 Å². The van der Waals surface area contributed by atoms with Crippen LogP contribution in [0.3, 0.4) is 0 Å². The SMILES string of the molecule is C/C=C(\CCC)N(C)C=N.C=C/C=C\c1cn2c(=O)n3c(nc2n1)N[C@@H](c1ccccc1)N(C=O)/C(N)=N\[C@H]3C1=CC=CCC1.CC.[HH].[HH]. The summed E-state index contributed by atoms with van der Waals surface area (Å²) in [5.41, 5.74) is 9.36. The molecule has 0 bridgehead atoms. The molecule has 3 aromatic rings. The number of aromatic nitrogens is 4. The van der Waals surface area contributed by atoms with Gasteiger partial charge in [-0.25, -0.2) is 23.7 Å². The number of hydrogen-bond acceptors (Lipinski definition) is 8. The largest absolute Gasteiger partial charge is 0.369 e. The fraction of sp³-hybridized carbons (Fsp3) is 0.314. The zero-order valence-electron chi connectivity index (χ0n) is 27.9. The molecule has 47 heavy (non-hydrogen) atoms. The van der Waals surface area contributed by atoms with Gasteiger partial charge in [-0.05, 0) is 43.4 Å². The first-order valence-electron chi connectivity index (χ1n) is 15.8. The van der Waals surface area contributed by atoms with E-state index in [1.807, 2.05) is 81.3 Å². The van der Waals surface area contributed by atoms with Gasteiger partial charge in [-0.2, -0.15) is 4.98 Å². The van der Waals surface area contributed by atoms with Gasteiger partial charge in [0.1, 0.15) is 6.17 Å². The molecule has 4 N–H and O–H groups in total. The number of nitrogens with two attached hydrogens (primary N) is 1. The number of hydrogen-bond donors (Lipinski definition) is 3. The quantitative estimate of drug-likeness (QED) is 0.104. The summed E-state index contributed by atoms with van der Waals surface area (Å²) in [6, 6.07) is 9.28. The molecule has 3 heterocycles. The van der Waals surface area contributed by atoms with Crippen molar-refractivity contribution in [3.05, 3.63) is 113 Å². The van der Waals surface area contributed by atoms with Crippen LogP contribution in [0.2, 0.25) is 0 Å². The molecule has 1 aromatic carbocycles. The number of carbonyl (C=O) groups excluding carboxylic acids is 1. The fourth-order valence-corrected chi connectivity index (χ4v) is 5.05. The van der Waals surface area contributed by atoms with Gasteiger partial charge >= 0.3 is 5.69 Å². The van der Waals surface area contributed by atoms with E-state index in [-0.39, 0.29) is 26.2 Å². The van der Waals surface area contributed by atoms with Crippen molar-refractivity contribution in [2.45, 2.75) is 65.7 Å². The van der Waals surface area contributed by atoms with E-state index in [1.165, 1.54) is 25.9 Å². The maximum atomic E-state index is 13.8. The number of anilines is 1. The summed E-state index contributed by atoms with van der Waals surface area (Å²) in [4.78, 5) is 42.9. The van der Waals surface area contributed by atoms with Gasteiger partial charge in [0.15, 0.2) is 6.17 Å². The summed E-state index contributed by atoms with van der Waals surface area (Å²) >= 11 is 0. The second-order valence-corrected chi connectivity index (χ2v) is 10.3. The molecular weight excluding hydrogens is 592 g/mol. The molecule has 0 fully saturated rings. The Morgan fingerprint density at radius 3 is 2.60 bits per heavy atom. The average molecular weight is 643 g/mol. The van der Waals surface area contributed by atoms with Crippen LogP contribution in [0.15, 0.2) is 101 Å². The molecular formula is C35H50N10O2. The summed E-state index contributed by atoms with van der Waals surface area (Å²) in [6.07, 6.45) is 18.7. The third-order valence-electron chi connectivity index (χ3n) is 7.36. The van der Waals surface area contributed by atoms with Gasteiger partial charge in [0.25, 0.3) is 0 Å². The molecule has 0 unspecified atom stereocenters. The first kappa shape index (κ1) is 36.0. The van der Waals surface area contributed by atoms with Gasteiger partial charge in [-0.3, -0.25) is 15.1 Å². The molecule has 2 aromatic heterocycles. The number of guanidine groups is 1. The summed E-state index contributed by atoms with van der Waals surface area (Å²) in [5, 5.41) is 10.2. The number of nitrogens with one attached hydrogen (secondary N) is 2. The molecule has 1 aliphatic heterocycles. The molecule has 12 heteroatoms. The number of benzene rings is 1. The van der Waals surface area contributed by atoms with Crippen LogP contribution in [-0.2, 0) is 4.79 Å². The summed E-state index contributed by atoms with van der Waals surface area (Å²) in [5.74, 6) is 0.431. The number of fused-ring (bicyclic) bond motifs is 2. The lowest BCUT2D eigenvalue weighted by Crippen LogP contribution is -2.46. The van der Waals surface area contributed by atoms with Crippen LogP contribution in [0.1, 0.15) is 79.8 Å². The number of allylic oxidation sites excluding steroid dienone is 7. The number of amides is 1. The highest BCUT2D eigenvalue weighted by atomic mass is 16.2. The van der Waals surface area contributed by atoms with Crippen molar-refractivity contribution in [3.8, 4) is 0 Å². The molecule has 5 rings (SSSR count). The highest BCUT2D eigenvalue weighted by Gasteiger charge is 2.32. The Morgan fingerprint density at radius 1 is 1.26 bits per heavy atom. The molecule has 0 radical (unpaired) electrons. The predicted molar refractivity (Wildman–Crippen MR) is 195 cm³/mol. The van der Waals surface area contributed by atoms with Gasteiger partial charge in [-0.1, -0.05) is 101 Å². The minimum Gasteiger partial charge on any atom is -0.369 e. The second kappa shape index (κ2) is 17.8. The zero-order valence-corrected chi connectivity index (χ0v) is 27.9. The van der Waals surface area contributed by atoms with E-state index in [9.17, 15) is 9.59 Å². The second-order valence-electron chi connectivity index (χ2n) is 10.3. The summed E-state index contributed by atoms with van der Waals surface area (Å²) < 4.78 is 2.84. The number of nitrogens with zero attached hydrogens (tertiary/aromatic N) is 7. The van der Waals surface area contributed by atoms with Gasteiger partial charge in [-0.15, -0.1) is 0 Å². The van der Waals surface area contributed by atoms with Crippen molar-refractivity contribution in [1.82, 2.24) is 28.7 Å². The Kier molecular flexibility index (Phi) is 13.6. The van der Waals surface area contributed by atoms with E-state index in [0.717, 1.165) is 30.4 Å². The normalized spacial score (nSPS) is 18.5. The molecule has 252 valence electrons. The Labute approximate surface area is 279 Å². The van der Waals surface area contributed by atoms with Gasteiger partial charge < -0.3 is 16.0 Å². The number of imidazole rings is 1. The molecule has 2 atom stereocenters. The van der Waals surface area contributed by atoms with E-state index >= 15 is 0 Å². The van der Waals surface area contributed by atoms with Crippen LogP contribution < -0.4 is 16.7 Å². The first-order chi connectivity index (χ1) is 22.9. The van der Waals surface area contributed by atoms with E-state index in [4.69, 9.17) is 11.1 Å². The molecule has 1 amide bonds. The summed E-state index contributed by atoms with van der Waals surface area (Å²) in [7, 11) is 1.90. The minimum absolute atomic E-state index is 0. The van der Waals surface area contributed by atoms with Crippen molar-refractivity contribution in [2.24, 2.45) is 10.7 Å². The Hall–Kier alpha value is -5.52. The minimum atomic E-state index is -0.791. The highest BCUT2D eigenvalue weighted by Crippen LogP contribution is 2.32. The summed E-state index contributed by atoms with van der Waals surface area (Å²) in [6.45, 7) is 11.8.